The van der Waals surface area contributed by atoms with Crippen molar-refractivity contribution in [2.24, 2.45) is 7.05 Å². The van der Waals surface area contributed by atoms with Crippen LogP contribution in [-0.2, 0) is 23.1 Å². The number of ether oxygens (including phenoxy) is 1. The Kier molecular flexibility index (Phi) is 10.6. The fraction of sp³-hybridized carbons (Fsp3) is 0.500. The number of urea groups is 1. The minimum absolute atomic E-state index is 0.0406. The summed E-state index contributed by atoms with van der Waals surface area (Å²) in [7, 11) is 1.98. The average Bonchev–Trinajstić information content (AvgIpc) is 3.18. The Morgan fingerprint density at radius 2 is 1.74 bits per heavy atom. The SMILES string of the molecule is CCCCN(Cc1cccn1C)C(=O)CN(CCCOCC)C(=O)Nc1ccccc1. The standard InChI is InChI=1S/C24H36N4O3/c1-4-6-16-27(19-22-14-10-15-26(22)3)23(29)20-28(17-11-18-31-5-2)24(30)25-21-12-8-7-9-13-21/h7-10,12-15H,4-6,11,16-20H2,1-3H3,(H,25,30). The van der Waals surface area contributed by atoms with Gasteiger partial charge in [0.15, 0.2) is 0 Å². The third-order valence-corrected chi connectivity index (χ3v) is 5.10. The van der Waals surface area contributed by atoms with Crippen molar-refractivity contribution in [1.29, 1.82) is 0 Å². The predicted molar refractivity (Wildman–Crippen MR) is 124 cm³/mol. The lowest BCUT2D eigenvalue weighted by molar-refractivity contribution is -0.132. The molecule has 0 radical (unpaired) electrons. The first-order chi connectivity index (χ1) is 15.0. The van der Waals surface area contributed by atoms with E-state index in [1.807, 2.05) is 72.1 Å². The van der Waals surface area contributed by atoms with E-state index in [0.717, 1.165) is 18.5 Å². The van der Waals surface area contributed by atoms with Crippen LogP contribution in [0.25, 0.3) is 0 Å². The van der Waals surface area contributed by atoms with Crippen molar-refractivity contribution in [3.05, 3.63) is 54.4 Å². The average molecular weight is 429 g/mol. The van der Waals surface area contributed by atoms with E-state index >= 15 is 0 Å². The second kappa shape index (κ2) is 13.5. The molecule has 1 aromatic carbocycles. The number of carbonyl (C=O) groups excluding carboxylic acids is 2. The largest absolute Gasteiger partial charge is 0.382 e. The second-order valence-electron chi connectivity index (χ2n) is 7.55. The number of hydrogen-bond acceptors (Lipinski definition) is 3. The fourth-order valence-corrected chi connectivity index (χ4v) is 3.24. The topological polar surface area (TPSA) is 66.8 Å². The van der Waals surface area contributed by atoms with Gasteiger partial charge in [0.1, 0.15) is 6.54 Å². The second-order valence-corrected chi connectivity index (χ2v) is 7.55. The van der Waals surface area contributed by atoms with E-state index in [9.17, 15) is 9.59 Å². The monoisotopic (exact) mass is 428 g/mol. The maximum absolute atomic E-state index is 13.2. The fourth-order valence-electron chi connectivity index (χ4n) is 3.24. The summed E-state index contributed by atoms with van der Waals surface area (Å²) in [5.74, 6) is -0.0470. The van der Waals surface area contributed by atoms with Gasteiger partial charge >= 0.3 is 6.03 Å². The van der Waals surface area contributed by atoms with E-state index in [-0.39, 0.29) is 18.5 Å². The van der Waals surface area contributed by atoms with E-state index in [1.54, 1.807) is 4.90 Å². The molecule has 7 heteroatoms. The number of amides is 3. The number of nitrogens with zero attached hydrogens (tertiary/aromatic N) is 3. The third-order valence-electron chi connectivity index (χ3n) is 5.10. The molecule has 0 unspecified atom stereocenters. The van der Waals surface area contributed by atoms with Crippen LogP contribution in [0.3, 0.4) is 0 Å². The first-order valence-electron chi connectivity index (χ1n) is 11.1. The van der Waals surface area contributed by atoms with Crippen molar-refractivity contribution < 1.29 is 14.3 Å². The molecule has 0 aliphatic heterocycles. The smallest absolute Gasteiger partial charge is 0.322 e. The van der Waals surface area contributed by atoms with E-state index in [4.69, 9.17) is 4.74 Å². The molecular weight excluding hydrogens is 392 g/mol. The van der Waals surface area contributed by atoms with Gasteiger partial charge < -0.3 is 24.4 Å². The Hall–Kier alpha value is -2.80. The van der Waals surface area contributed by atoms with E-state index in [1.165, 1.54) is 0 Å². The van der Waals surface area contributed by atoms with Gasteiger partial charge in [0, 0.05) is 50.9 Å². The van der Waals surface area contributed by atoms with Gasteiger partial charge in [0.2, 0.25) is 5.91 Å². The van der Waals surface area contributed by atoms with Crippen LogP contribution in [0, 0.1) is 0 Å². The minimum atomic E-state index is -0.273. The Morgan fingerprint density at radius 3 is 2.39 bits per heavy atom. The molecule has 7 nitrogen and oxygen atoms in total. The zero-order valence-corrected chi connectivity index (χ0v) is 19.0. The number of aromatic nitrogens is 1. The molecule has 0 fully saturated rings. The maximum atomic E-state index is 13.2. The molecule has 2 rings (SSSR count). The summed E-state index contributed by atoms with van der Waals surface area (Å²) >= 11 is 0. The van der Waals surface area contributed by atoms with Crippen LogP contribution in [0.2, 0.25) is 0 Å². The molecule has 0 bridgehead atoms. The Bertz CT molecular complexity index is 791. The number of benzene rings is 1. The quantitative estimate of drug-likeness (QED) is 0.488. The normalized spacial score (nSPS) is 10.7. The van der Waals surface area contributed by atoms with Crippen molar-refractivity contribution in [3.8, 4) is 0 Å². The summed E-state index contributed by atoms with van der Waals surface area (Å²) in [6.45, 7) is 6.95. The molecule has 0 saturated carbocycles. The van der Waals surface area contributed by atoms with E-state index in [2.05, 4.69) is 12.2 Å². The zero-order chi connectivity index (χ0) is 22.5. The molecule has 0 atom stereocenters. The van der Waals surface area contributed by atoms with Crippen molar-refractivity contribution in [3.63, 3.8) is 0 Å². The lowest BCUT2D eigenvalue weighted by Crippen LogP contribution is -2.45. The lowest BCUT2D eigenvalue weighted by atomic mass is 10.2. The Morgan fingerprint density at radius 1 is 1.00 bits per heavy atom. The first kappa shape index (κ1) is 24.5. The van der Waals surface area contributed by atoms with E-state index in [0.29, 0.717) is 45.0 Å². The molecule has 3 amide bonds. The highest BCUT2D eigenvalue weighted by Gasteiger charge is 2.22. The molecular formula is C24H36N4O3. The van der Waals surface area contributed by atoms with Gasteiger partial charge in [-0.15, -0.1) is 0 Å². The molecule has 170 valence electrons. The number of carbonyl (C=O) groups is 2. The summed E-state index contributed by atoms with van der Waals surface area (Å²) in [4.78, 5) is 29.6. The lowest BCUT2D eigenvalue weighted by Gasteiger charge is -2.28. The van der Waals surface area contributed by atoms with Crippen LogP contribution in [0.15, 0.2) is 48.7 Å². The minimum Gasteiger partial charge on any atom is -0.382 e. The molecule has 0 spiro atoms. The van der Waals surface area contributed by atoms with E-state index < -0.39 is 0 Å². The first-order valence-corrected chi connectivity index (χ1v) is 11.1. The maximum Gasteiger partial charge on any atom is 0.322 e. The predicted octanol–water partition coefficient (Wildman–Crippen LogP) is 4.11. The van der Waals surface area contributed by atoms with Gasteiger partial charge in [0.05, 0.1) is 6.54 Å². The molecule has 1 N–H and O–H groups in total. The zero-order valence-electron chi connectivity index (χ0n) is 19.0. The summed E-state index contributed by atoms with van der Waals surface area (Å²) < 4.78 is 7.44. The molecule has 31 heavy (non-hydrogen) atoms. The number of aryl methyl sites for hydroxylation is 1. The van der Waals surface area contributed by atoms with Gasteiger partial charge in [-0.1, -0.05) is 31.5 Å². The summed E-state index contributed by atoms with van der Waals surface area (Å²) in [6, 6.07) is 13.0. The summed E-state index contributed by atoms with van der Waals surface area (Å²) in [5.41, 5.74) is 1.78. The number of unbranched alkanes of at least 4 members (excludes halogenated alkanes) is 1. The molecule has 0 saturated heterocycles. The number of anilines is 1. The van der Waals surface area contributed by atoms with Crippen molar-refractivity contribution in [2.45, 2.75) is 39.7 Å². The van der Waals surface area contributed by atoms with Gasteiger partial charge in [-0.25, -0.2) is 4.79 Å². The number of rotatable bonds is 13. The molecule has 0 aliphatic carbocycles. The molecule has 0 aliphatic rings. The molecule has 1 aromatic heterocycles. The summed E-state index contributed by atoms with van der Waals surface area (Å²) in [6.07, 6.45) is 4.58. The van der Waals surface area contributed by atoms with Crippen LogP contribution in [0.1, 0.15) is 38.8 Å². The Labute approximate surface area is 186 Å². The van der Waals surface area contributed by atoms with Gasteiger partial charge in [0.25, 0.3) is 0 Å². The van der Waals surface area contributed by atoms with Crippen LogP contribution < -0.4 is 5.32 Å². The van der Waals surface area contributed by atoms with Gasteiger partial charge in [-0.05, 0) is 44.0 Å². The van der Waals surface area contributed by atoms with Crippen LogP contribution in [-0.4, -0.2) is 59.2 Å². The highest BCUT2D eigenvalue weighted by atomic mass is 16.5. The molecule has 1 heterocycles. The summed E-state index contributed by atoms with van der Waals surface area (Å²) in [5, 5.41) is 2.90. The van der Waals surface area contributed by atoms with Crippen LogP contribution >= 0.6 is 0 Å². The van der Waals surface area contributed by atoms with Crippen molar-refractivity contribution in [2.75, 3.05) is 38.2 Å². The van der Waals surface area contributed by atoms with Crippen LogP contribution in [0.5, 0.6) is 0 Å². The highest BCUT2D eigenvalue weighted by molar-refractivity contribution is 5.92. The van der Waals surface area contributed by atoms with Crippen LogP contribution in [0.4, 0.5) is 10.5 Å². The number of nitrogens with one attached hydrogen (secondary N) is 1. The third kappa shape index (κ3) is 8.45. The van der Waals surface area contributed by atoms with Gasteiger partial charge in [-0.3, -0.25) is 4.79 Å². The van der Waals surface area contributed by atoms with Crippen molar-refractivity contribution >= 4 is 17.6 Å². The highest BCUT2D eigenvalue weighted by Crippen LogP contribution is 2.10. The number of hydrogen-bond donors (Lipinski definition) is 1. The van der Waals surface area contributed by atoms with Gasteiger partial charge in [-0.2, -0.15) is 0 Å². The number of para-hydroxylation sites is 1. The van der Waals surface area contributed by atoms with Crippen molar-refractivity contribution in [1.82, 2.24) is 14.4 Å². The Balaban J connectivity index is 2.07. The molecule has 2 aromatic rings.